The highest BCUT2D eigenvalue weighted by Crippen LogP contribution is 2.33. The second kappa shape index (κ2) is 9.02. The maximum Gasteiger partial charge on any atom is 0.249 e. The number of carbonyl (C=O) groups is 1. The van der Waals surface area contributed by atoms with Gasteiger partial charge in [0.1, 0.15) is 6.61 Å². The molecule has 0 unspecified atom stereocenters. The second-order valence-electron chi connectivity index (χ2n) is 7.69. The number of nitrogens with one attached hydrogen (secondary N) is 1. The molecule has 0 bridgehead atoms. The predicted molar refractivity (Wildman–Crippen MR) is 122 cm³/mol. The maximum atomic E-state index is 14.2. The lowest BCUT2D eigenvalue weighted by Crippen LogP contribution is -2.30. The summed E-state index contributed by atoms with van der Waals surface area (Å²) >= 11 is 6.26. The quantitative estimate of drug-likeness (QED) is 0.508. The van der Waals surface area contributed by atoms with Crippen molar-refractivity contribution in [3.05, 3.63) is 69.8 Å². The number of H-pyrrole nitrogens is 1. The van der Waals surface area contributed by atoms with Gasteiger partial charge in [-0.1, -0.05) is 30.7 Å². The van der Waals surface area contributed by atoms with E-state index in [4.69, 9.17) is 22.1 Å². The van der Waals surface area contributed by atoms with Crippen LogP contribution in [0.2, 0.25) is 5.02 Å². The number of aromatic amines is 1. The Morgan fingerprint density at radius 2 is 2.13 bits per heavy atom. The minimum Gasteiger partial charge on any atom is -0.484 e. The van der Waals surface area contributed by atoms with Crippen LogP contribution in [-0.4, -0.2) is 35.5 Å². The number of carbonyl (C=O) groups excluding carboxylic acids is 1. The van der Waals surface area contributed by atoms with E-state index in [9.17, 15) is 9.18 Å². The number of benzene rings is 2. The molecule has 0 saturated heterocycles. The molecule has 1 aromatic heterocycles. The fourth-order valence-electron chi connectivity index (χ4n) is 4.13. The molecule has 0 aliphatic carbocycles. The number of nitrogens with zero attached hydrogens (tertiary/aromatic N) is 1. The predicted octanol–water partition coefficient (Wildman–Crippen LogP) is 5.14. The van der Waals surface area contributed by atoms with E-state index in [1.807, 2.05) is 24.4 Å². The van der Waals surface area contributed by atoms with Crippen molar-refractivity contribution >= 4 is 34.5 Å². The molecule has 0 saturated carbocycles. The SMILES string of the molecule is CCCN(CCCc1c[nH]c2c(Cl)cccc12)C1=Cc2c(C(N)=O)ccc(F)c2OC1. The van der Waals surface area contributed by atoms with Crippen molar-refractivity contribution in [2.75, 3.05) is 19.7 Å². The summed E-state index contributed by atoms with van der Waals surface area (Å²) in [5, 5.41) is 1.86. The molecule has 1 aliphatic heterocycles. The van der Waals surface area contributed by atoms with Crippen LogP contribution in [0.1, 0.15) is 41.3 Å². The highest BCUT2D eigenvalue weighted by molar-refractivity contribution is 6.35. The smallest absolute Gasteiger partial charge is 0.249 e. The van der Waals surface area contributed by atoms with Gasteiger partial charge in [-0.25, -0.2) is 4.39 Å². The second-order valence-corrected chi connectivity index (χ2v) is 8.10. The van der Waals surface area contributed by atoms with E-state index in [0.717, 1.165) is 54.0 Å². The van der Waals surface area contributed by atoms with Crippen molar-refractivity contribution in [3.63, 3.8) is 0 Å². The van der Waals surface area contributed by atoms with E-state index in [0.29, 0.717) is 5.56 Å². The lowest BCUT2D eigenvalue weighted by molar-refractivity contribution is 0.0999. The number of halogens is 2. The van der Waals surface area contributed by atoms with Crippen LogP contribution < -0.4 is 10.5 Å². The fraction of sp³-hybridized carbons (Fsp3) is 0.292. The lowest BCUT2D eigenvalue weighted by Gasteiger charge is -2.30. The van der Waals surface area contributed by atoms with Crippen LogP contribution in [0.4, 0.5) is 4.39 Å². The molecule has 7 heteroatoms. The number of rotatable bonds is 8. The van der Waals surface area contributed by atoms with E-state index in [1.54, 1.807) is 0 Å². The summed E-state index contributed by atoms with van der Waals surface area (Å²) in [5.74, 6) is -1.00. The number of fused-ring (bicyclic) bond motifs is 2. The molecular formula is C24H25ClFN3O2. The summed E-state index contributed by atoms with van der Waals surface area (Å²) in [6.07, 6.45) is 6.63. The van der Waals surface area contributed by atoms with Crippen molar-refractivity contribution < 1.29 is 13.9 Å². The Bertz CT molecular complexity index is 1160. The first kappa shape index (κ1) is 21.2. The first-order chi connectivity index (χ1) is 15.0. The summed E-state index contributed by atoms with van der Waals surface area (Å²) < 4.78 is 19.9. The molecule has 0 fully saturated rings. The van der Waals surface area contributed by atoms with Crippen LogP contribution in [0.3, 0.4) is 0 Å². The first-order valence-corrected chi connectivity index (χ1v) is 10.8. The molecule has 4 rings (SSSR count). The van der Waals surface area contributed by atoms with Gasteiger partial charge in [0, 0.05) is 30.2 Å². The van der Waals surface area contributed by atoms with Crippen LogP contribution in [0.15, 0.2) is 42.2 Å². The van der Waals surface area contributed by atoms with Gasteiger partial charge in [0.25, 0.3) is 0 Å². The Hall–Kier alpha value is -2.99. The summed E-state index contributed by atoms with van der Waals surface area (Å²) in [5.41, 5.74) is 9.28. The van der Waals surface area contributed by atoms with E-state index >= 15 is 0 Å². The molecule has 31 heavy (non-hydrogen) atoms. The number of hydrogen-bond acceptors (Lipinski definition) is 3. The van der Waals surface area contributed by atoms with E-state index in [-0.39, 0.29) is 17.9 Å². The first-order valence-electron chi connectivity index (χ1n) is 10.4. The van der Waals surface area contributed by atoms with Gasteiger partial charge >= 0.3 is 0 Å². The highest BCUT2D eigenvalue weighted by Gasteiger charge is 2.23. The van der Waals surface area contributed by atoms with Crippen molar-refractivity contribution in [2.45, 2.75) is 26.2 Å². The third-order valence-electron chi connectivity index (χ3n) is 5.61. The lowest BCUT2D eigenvalue weighted by atomic mass is 10.0. The third-order valence-corrected chi connectivity index (χ3v) is 5.93. The number of nitrogens with two attached hydrogens (primary N) is 1. The summed E-state index contributed by atoms with van der Waals surface area (Å²) in [4.78, 5) is 17.3. The number of aryl methyl sites for hydroxylation is 1. The van der Waals surface area contributed by atoms with Crippen LogP contribution in [0, 0.1) is 5.82 Å². The zero-order valence-corrected chi connectivity index (χ0v) is 18.1. The summed E-state index contributed by atoms with van der Waals surface area (Å²) in [6.45, 7) is 4.02. The molecule has 0 spiro atoms. The molecule has 1 aliphatic rings. The topological polar surface area (TPSA) is 71.3 Å². The van der Waals surface area contributed by atoms with Crippen molar-refractivity contribution in [3.8, 4) is 5.75 Å². The standard InChI is InChI=1S/C24H25ClFN3O2/c1-2-10-29(11-4-5-15-13-28-22-17(15)6-3-7-20(22)25)16-12-19-18(24(27)30)8-9-21(26)23(19)31-14-16/h3,6-9,12-13,28H,2,4-5,10-11,14H2,1H3,(H2,27,30). The average molecular weight is 442 g/mol. The molecule has 162 valence electrons. The molecule has 0 radical (unpaired) electrons. The Morgan fingerprint density at radius 1 is 1.29 bits per heavy atom. The zero-order valence-electron chi connectivity index (χ0n) is 17.4. The molecule has 2 aromatic carbocycles. The highest BCUT2D eigenvalue weighted by atomic mass is 35.5. The van der Waals surface area contributed by atoms with Crippen LogP contribution in [-0.2, 0) is 6.42 Å². The zero-order chi connectivity index (χ0) is 22.0. The number of primary amides is 1. The Morgan fingerprint density at radius 3 is 2.90 bits per heavy atom. The molecule has 1 amide bonds. The fourth-order valence-corrected chi connectivity index (χ4v) is 4.36. The van der Waals surface area contributed by atoms with Crippen molar-refractivity contribution in [2.24, 2.45) is 5.73 Å². The van der Waals surface area contributed by atoms with E-state index in [2.05, 4.69) is 22.9 Å². The molecule has 3 aromatic rings. The number of hydrogen-bond donors (Lipinski definition) is 2. The minimum absolute atomic E-state index is 0.0900. The number of ether oxygens (including phenoxy) is 1. The normalized spacial score (nSPS) is 12.9. The number of para-hydroxylation sites is 1. The van der Waals surface area contributed by atoms with Crippen LogP contribution in [0.25, 0.3) is 17.0 Å². The molecule has 0 atom stereocenters. The van der Waals surface area contributed by atoms with E-state index in [1.165, 1.54) is 17.7 Å². The Kier molecular flexibility index (Phi) is 6.18. The molecule has 2 heterocycles. The third kappa shape index (κ3) is 4.26. The minimum atomic E-state index is -0.600. The van der Waals surface area contributed by atoms with Gasteiger partial charge in [0.2, 0.25) is 5.91 Å². The Labute approximate surface area is 185 Å². The van der Waals surface area contributed by atoms with E-state index < -0.39 is 11.7 Å². The van der Waals surface area contributed by atoms with Gasteiger partial charge in [-0.15, -0.1) is 0 Å². The maximum absolute atomic E-state index is 14.2. The largest absolute Gasteiger partial charge is 0.484 e. The van der Waals surface area contributed by atoms with Crippen molar-refractivity contribution in [1.29, 1.82) is 0 Å². The van der Waals surface area contributed by atoms with Gasteiger partial charge < -0.3 is 20.4 Å². The number of aromatic nitrogens is 1. The van der Waals surface area contributed by atoms with Gasteiger partial charge in [-0.2, -0.15) is 0 Å². The van der Waals surface area contributed by atoms with Gasteiger partial charge in [0.05, 0.1) is 21.8 Å². The molecule has 5 nitrogen and oxygen atoms in total. The van der Waals surface area contributed by atoms with Crippen LogP contribution in [0.5, 0.6) is 5.75 Å². The van der Waals surface area contributed by atoms with Gasteiger partial charge in [-0.3, -0.25) is 4.79 Å². The number of amides is 1. The van der Waals surface area contributed by atoms with Gasteiger partial charge in [0.15, 0.2) is 11.6 Å². The molecular weight excluding hydrogens is 417 g/mol. The Balaban J connectivity index is 1.53. The molecule has 3 N–H and O–H groups in total. The van der Waals surface area contributed by atoms with Crippen LogP contribution >= 0.6 is 11.6 Å². The summed E-state index contributed by atoms with van der Waals surface area (Å²) in [6, 6.07) is 8.54. The monoisotopic (exact) mass is 441 g/mol. The summed E-state index contributed by atoms with van der Waals surface area (Å²) in [7, 11) is 0. The van der Waals surface area contributed by atoms with Gasteiger partial charge in [-0.05, 0) is 49.1 Å². The average Bonchev–Trinajstić information content (AvgIpc) is 3.17. The van der Waals surface area contributed by atoms with Crippen molar-refractivity contribution in [1.82, 2.24) is 9.88 Å².